The van der Waals surface area contributed by atoms with E-state index in [4.69, 9.17) is 125 Å². The van der Waals surface area contributed by atoms with Gasteiger partial charge in [0.15, 0.2) is 0 Å². The van der Waals surface area contributed by atoms with Gasteiger partial charge in [-0.3, -0.25) is 0 Å². The minimum atomic E-state index is -3.29. The van der Waals surface area contributed by atoms with Crippen LogP contribution in [0.2, 0.25) is 84.9 Å². The molecule has 0 N–H and O–H groups in total. The zero-order chi connectivity index (χ0) is 53.3. The van der Waals surface area contributed by atoms with Gasteiger partial charge in [0.2, 0.25) is 27.4 Å². The van der Waals surface area contributed by atoms with Gasteiger partial charge in [-0.05, 0) is 63.2 Å². The molecule has 0 aliphatic carbocycles. The van der Waals surface area contributed by atoms with Crippen molar-refractivity contribution >= 4 is 179 Å². The Morgan fingerprint density at radius 1 is 0.561 bits per heavy atom. The summed E-state index contributed by atoms with van der Waals surface area (Å²) in [6.45, 7) is 67.9. The summed E-state index contributed by atoms with van der Waals surface area (Å²) in [4.78, 5) is 0. The molecule has 0 aromatic carbocycles. The van der Waals surface area contributed by atoms with Gasteiger partial charge in [-0.15, -0.1) is 0 Å². The van der Waals surface area contributed by atoms with Crippen LogP contribution >= 0.6 is 125 Å². The van der Waals surface area contributed by atoms with Crippen LogP contribution in [0.3, 0.4) is 0 Å². The third kappa shape index (κ3) is 33.3. The normalized spacial score (nSPS) is 19.9. The quantitative estimate of drug-likeness (QED) is 0.176. The molecule has 4 aliphatic heterocycles. The van der Waals surface area contributed by atoms with Gasteiger partial charge in [-0.1, -0.05) is 171 Å². The molecule has 4 heterocycles. The minimum absolute atomic E-state index is 0. The van der Waals surface area contributed by atoms with Crippen LogP contribution in [0.15, 0.2) is 0 Å². The van der Waals surface area contributed by atoms with Crippen molar-refractivity contribution in [1.29, 1.82) is 0 Å². The van der Waals surface area contributed by atoms with Gasteiger partial charge in [0.1, 0.15) is 26.9 Å². The van der Waals surface area contributed by atoms with Crippen LogP contribution in [-0.4, -0.2) is 74.8 Å². The van der Waals surface area contributed by atoms with Crippen LogP contribution in [0.1, 0.15) is 138 Å². The van der Waals surface area contributed by atoms with E-state index in [0.717, 1.165) is 65.7 Å². The van der Waals surface area contributed by atoms with Crippen molar-refractivity contribution in [3.8, 4) is 0 Å². The molecule has 4 saturated heterocycles. The van der Waals surface area contributed by atoms with Crippen molar-refractivity contribution in [3.63, 3.8) is 0 Å². The van der Waals surface area contributed by atoms with Gasteiger partial charge in [-0.2, -0.15) is 0 Å². The fourth-order valence-electron chi connectivity index (χ4n) is 10.4. The molecule has 4 aliphatic rings. The van der Waals surface area contributed by atoms with E-state index in [1.54, 1.807) is 0 Å². The molecular formula is C38H88B8Cl14N2Ti2Zr2-. The first kappa shape index (κ1) is 85.0. The predicted molar refractivity (Wildman–Crippen MR) is 324 cm³/mol. The van der Waals surface area contributed by atoms with Crippen LogP contribution in [0.25, 0.3) is 0 Å². The number of rotatable bonds is 0. The van der Waals surface area contributed by atoms with Crippen molar-refractivity contribution in [2.24, 2.45) is 0 Å². The van der Waals surface area contributed by atoms with E-state index in [9.17, 15) is 0 Å². The topological polar surface area (TPSA) is 6.48 Å². The van der Waals surface area contributed by atoms with Gasteiger partial charge in [0.25, 0.3) is 0 Å². The molecule has 0 aromatic rings. The van der Waals surface area contributed by atoms with E-state index in [0.29, 0.717) is 37.3 Å². The summed E-state index contributed by atoms with van der Waals surface area (Å²) in [7, 11) is 70.1. The molecule has 66 heavy (non-hydrogen) atoms. The van der Waals surface area contributed by atoms with Gasteiger partial charge >= 0.3 is 185 Å². The van der Waals surface area contributed by atoms with Crippen molar-refractivity contribution in [1.82, 2.24) is 9.44 Å². The standard InChI is InChI=1S/C11H25B2N.C10H23B2N.C8H18B2.C7H16B2.2CH3.14ClH.2Ti.2Zr/c1-9-12(8)14(11(5,6)7)13(9)10(2,3)4;1-9(2,3)12-8-11(7)13(12)10(4,5)6;1-7(2)9(5)8(3,4)10(7)6;1-6-8(4)7(2,3)9(6)5;;;;;;;;;;;;;;;;;;;;/h9H,1-8H3;8H2,1-7H3;1-6H3;6H,1-5H3;2*1H3;14*1H;;;;/q;;;;2*-1;;;;;;;;;;;;;;;2*+4;+3;+4/p-14. The Hall–Kier alpha value is 7.69. The summed E-state index contributed by atoms with van der Waals surface area (Å²) in [6, 6.07) is 0. The van der Waals surface area contributed by atoms with Crippen molar-refractivity contribution < 1.29 is 60.7 Å². The molecule has 0 spiro atoms. The molecular weight excluding hydrogens is 1350 g/mol. The van der Waals surface area contributed by atoms with Gasteiger partial charge in [-0.25, -0.2) is 0 Å². The van der Waals surface area contributed by atoms with Crippen molar-refractivity contribution in [2.75, 3.05) is 0 Å². The van der Waals surface area contributed by atoms with E-state index < -0.39 is 60.7 Å². The van der Waals surface area contributed by atoms with E-state index in [1.165, 1.54) is 6.22 Å². The van der Waals surface area contributed by atoms with Gasteiger partial charge in [0, 0.05) is 0 Å². The SMILES string of the molecule is CB1C(C)(C)B(C)C1(C)C.CB1C(C)B(C(C)(C)C)N1C(C)(C)C.CB1C(C)B(C)C1(C)C.CB1CB(C(C)(C)C)N1C(C)(C)C.[CH3-].[CH3-].[Cl][Ti+]([Cl])[Cl].[Cl][Ti]([Cl])([Cl])[Cl].[Cl][Zr]([Cl])([Cl])[Cl].[Cl][Zr]([Cl])[Cl]. The number of halogens is 14. The van der Waals surface area contributed by atoms with Gasteiger partial charge < -0.3 is 24.3 Å². The molecule has 4 rings (SSSR count). The van der Waals surface area contributed by atoms with Crippen LogP contribution in [0, 0.1) is 14.9 Å². The molecule has 1 atom stereocenters. The predicted octanol–water partition coefficient (Wildman–Crippen LogP) is 22.4. The van der Waals surface area contributed by atoms with E-state index >= 15 is 0 Å². The Bertz CT molecular complexity index is 1220. The molecule has 28 heteroatoms. The first-order chi connectivity index (χ1) is 27.5. The zero-order valence-electron chi connectivity index (χ0n) is 46.2. The maximum atomic E-state index is 5.04. The van der Waals surface area contributed by atoms with E-state index in [1.807, 2.05) is 0 Å². The summed E-state index contributed by atoms with van der Waals surface area (Å²) >= 11 is -10.4. The fraction of sp³-hybridized carbons (Fsp3) is 0.947. The maximum absolute atomic E-state index is 5.04. The molecule has 0 saturated carbocycles. The first-order valence-electron chi connectivity index (χ1n) is 22.2. The zero-order valence-corrected chi connectivity index (χ0v) is 64.8. The fourth-order valence-corrected chi connectivity index (χ4v) is 10.4. The monoisotopic (exact) mass is 1430 g/mol. The second kappa shape index (κ2) is 34.1. The van der Waals surface area contributed by atoms with Crippen LogP contribution in [-0.2, 0) is 60.7 Å². The molecule has 0 bridgehead atoms. The van der Waals surface area contributed by atoms with Crippen LogP contribution < -0.4 is 0 Å². The van der Waals surface area contributed by atoms with Gasteiger partial charge in [0.05, 0.1) is 0 Å². The summed E-state index contributed by atoms with van der Waals surface area (Å²) in [5.41, 5.74) is 2.41. The van der Waals surface area contributed by atoms with Crippen molar-refractivity contribution in [2.45, 2.75) is 234 Å². The number of hydrogen-bond donors (Lipinski definition) is 0. The Morgan fingerprint density at radius 3 is 0.909 bits per heavy atom. The molecule has 2 nitrogen and oxygen atoms in total. The van der Waals surface area contributed by atoms with Crippen molar-refractivity contribution in [3.05, 3.63) is 14.9 Å². The Kier molecular flexibility index (Phi) is 43.9. The summed E-state index contributed by atoms with van der Waals surface area (Å²) in [6.07, 6.45) is 1.36. The summed E-state index contributed by atoms with van der Waals surface area (Å²) in [5.74, 6) is 0. The van der Waals surface area contributed by atoms with Crippen LogP contribution in [0.4, 0.5) is 0 Å². The average molecular weight is 1430 g/mol. The summed E-state index contributed by atoms with van der Waals surface area (Å²) < 4.78 is 5.34. The molecule has 0 radical (unpaired) electrons. The average Bonchev–Trinajstić information content (AvgIpc) is 3.00. The Morgan fingerprint density at radius 2 is 0.803 bits per heavy atom. The molecule has 0 amide bonds. The molecule has 1 unspecified atom stereocenters. The second-order valence-electron chi connectivity index (χ2n) is 24.2. The second-order valence-corrected chi connectivity index (χ2v) is 81.0. The number of hydrogen-bond acceptors (Lipinski definition) is 2. The van der Waals surface area contributed by atoms with Crippen LogP contribution in [0.5, 0.6) is 0 Å². The third-order valence-electron chi connectivity index (χ3n) is 15.2. The van der Waals surface area contributed by atoms with E-state index in [-0.39, 0.29) is 14.9 Å². The molecule has 4 fully saturated rings. The Labute approximate surface area is 490 Å². The molecule has 389 valence electrons. The number of nitrogens with zero attached hydrogens (tertiary/aromatic N) is 2. The van der Waals surface area contributed by atoms with E-state index in [2.05, 4.69) is 189 Å². The first-order valence-corrected chi connectivity index (χ1v) is 59.4. The summed E-state index contributed by atoms with van der Waals surface area (Å²) in [5, 5.41) is 2.59. The Balaban J connectivity index is -0.000000162. The molecule has 0 aromatic heterocycles. The third-order valence-corrected chi connectivity index (χ3v) is 15.2.